The first kappa shape index (κ1) is 15.5. The lowest BCUT2D eigenvalue weighted by Crippen LogP contribution is -2.43. The molecule has 2 aromatic rings. The van der Waals surface area contributed by atoms with Crippen molar-refractivity contribution in [3.63, 3.8) is 0 Å². The Morgan fingerprint density at radius 1 is 1.48 bits per heavy atom. The monoisotopic (exact) mass is 316 g/mol. The third kappa shape index (κ3) is 3.36. The number of aromatic nitrogens is 2. The van der Waals surface area contributed by atoms with Gasteiger partial charge in [-0.2, -0.15) is 0 Å². The predicted molar refractivity (Wildman–Crippen MR) is 85.5 cm³/mol. The Hall–Kier alpha value is -2.37. The van der Waals surface area contributed by atoms with Crippen molar-refractivity contribution in [3.05, 3.63) is 53.9 Å². The molecule has 6 heteroatoms. The van der Waals surface area contributed by atoms with Gasteiger partial charge >= 0.3 is 6.03 Å². The third-order valence-corrected chi connectivity index (χ3v) is 4.32. The van der Waals surface area contributed by atoms with Crippen LogP contribution in [-0.4, -0.2) is 22.1 Å². The molecule has 0 bridgehead atoms. The number of nitrogens with zero attached hydrogens (tertiary/aromatic N) is 2. The molecule has 1 aromatic carbocycles. The van der Waals surface area contributed by atoms with Crippen molar-refractivity contribution >= 4 is 6.03 Å². The number of amides is 2. The largest absolute Gasteiger partial charge is 0.337 e. The number of aryl methyl sites for hydroxylation is 1. The average Bonchev–Trinajstić information content (AvgIpc) is 3.10. The maximum Gasteiger partial charge on any atom is 0.315 e. The van der Waals surface area contributed by atoms with Crippen LogP contribution in [0.15, 0.2) is 36.7 Å². The molecule has 0 radical (unpaired) electrons. The zero-order valence-electron chi connectivity index (χ0n) is 13.3. The minimum Gasteiger partial charge on any atom is -0.337 e. The van der Waals surface area contributed by atoms with Crippen LogP contribution in [0.4, 0.5) is 9.18 Å². The second-order valence-corrected chi connectivity index (χ2v) is 6.54. The smallest absolute Gasteiger partial charge is 0.315 e. The van der Waals surface area contributed by atoms with Gasteiger partial charge in [0.2, 0.25) is 0 Å². The maximum atomic E-state index is 13.4. The summed E-state index contributed by atoms with van der Waals surface area (Å²) in [6, 6.07) is 6.20. The van der Waals surface area contributed by atoms with Crippen molar-refractivity contribution < 1.29 is 9.18 Å². The Bertz CT molecular complexity index is 710. The van der Waals surface area contributed by atoms with Gasteiger partial charge in [-0.1, -0.05) is 26.0 Å². The van der Waals surface area contributed by atoms with E-state index in [0.29, 0.717) is 6.54 Å². The number of rotatable bonds is 4. The highest BCUT2D eigenvalue weighted by Crippen LogP contribution is 2.24. The van der Waals surface area contributed by atoms with Gasteiger partial charge in [0.15, 0.2) is 0 Å². The highest BCUT2D eigenvalue weighted by atomic mass is 19.1. The second kappa shape index (κ2) is 6.02. The average molecular weight is 316 g/mol. The van der Waals surface area contributed by atoms with E-state index >= 15 is 0 Å². The fourth-order valence-electron chi connectivity index (χ4n) is 2.88. The summed E-state index contributed by atoms with van der Waals surface area (Å²) in [6.45, 7) is 5.24. The predicted octanol–water partition coefficient (Wildman–Crippen LogP) is 2.74. The number of carbonyl (C=O) groups excluding carboxylic acids is 1. The fourth-order valence-corrected chi connectivity index (χ4v) is 2.88. The van der Waals surface area contributed by atoms with Gasteiger partial charge in [0, 0.05) is 30.9 Å². The maximum absolute atomic E-state index is 13.4. The van der Waals surface area contributed by atoms with Gasteiger partial charge in [0.05, 0.1) is 6.04 Å². The number of carbonyl (C=O) groups is 1. The highest BCUT2D eigenvalue weighted by Gasteiger charge is 2.26. The van der Waals surface area contributed by atoms with Gasteiger partial charge in [0.1, 0.15) is 11.6 Å². The summed E-state index contributed by atoms with van der Waals surface area (Å²) in [6.07, 6.45) is 4.51. The standard InChI is InChI=1S/C17H21FN4O/c1-17(2,12-4-3-5-13(18)10-12)11-20-16(23)21-14-6-8-22-9-7-19-15(14)22/h3-5,7,9-10,14H,6,8,11H2,1-2H3,(H2,20,21,23). The first-order valence-electron chi connectivity index (χ1n) is 7.77. The molecule has 0 aliphatic carbocycles. The van der Waals surface area contributed by atoms with Crippen LogP contribution in [0.5, 0.6) is 0 Å². The first-order chi connectivity index (χ1) is 11.0. The molecule has 3 rings (SSSR count). The molecular formula is C17H21FN4O. The third-order valence-electron chi connectivity index (χ3n) is 4.32. The van der Waals surface area contributed by atoms with E-state index in [1.165, 1.54) is 12.1 Å². The van der Waals surface area contributed by atoms with Crippen molar-refractivity contribution in [3.8, 4) is 0 Å². The molecular weight excluding hydrogens is 295 g/mol. The van der Waals surface area contributed by atoms with Crippen LogP contribution in [0.25, 0.3) is 0 Å². The van der Waals surface area contributed by atoms with Gasteiger partial charge in [-0.25, -0.2) is 14.2 Å². The summed E-state index contributed by atoms with van der Waals surface area (Å²) < 4.78 is 15.4. The van der Waals surface area contributed by atoms with Crippen LogP contribution in [-0.2, 0) is 12.0 Å². The molecule has 122 valence electrons. The molecule has 1 unspecified atom stereocenters. The van der Waals surface area contributed by atoms with Crippen LogP contribution in [0, 0.1) is 5.82 Å². The lowest BCUT2D eigenvalue weighted by atomic mass is 9.84. The molecule has 2 amide bonds. The Labute approximate surface area is 134 Å². The van der Waals surface area contributed by atoms with E-state index in [2.05, 4.69) is 15.6 Å². The number of fused-ring (bicyclic) bond motifs is 1. The van der Waals surface area contributed by atoms with Crippen molar-refractivity contribution in [2.24, 2.45) is 0 Å². The van der Waals surface area contributed by atoms with Gasteiger partial charge in [-0.15, -0.1) is 0 Å². The van der Waals surface area contributed by atoms with Crippen LogP contribution >= 0.6 is 0 Å². The molecule has 1 aromatic heterocycles. The summed E-state index contributed by atoms with van der Waals surface area (Å²) >= 11 is 0. The van der Waals surface area contributed by atoms with E-state index in [1.807, 2.05) is 30.7 Å². The number of urea groups is 1. The van der Waals surface area contributed by atoms with Crippen LogP contribution in [0.2, 0.25) is 0 Å². The van der Waals surface area contributed by atoms with E-state index < -0.39 is 0 Å². The van der Waals surface area contributed by atoms with E-state index in [9.17, 15) is 9.18 Å². The van der Waals surface area contributed by atoms with E-state index in [0.717, 1.165) is 24.4 Å². The molecule has 1 atom stereocenters. The summed E-state index contributed by atoms with van der Waals surface area (Å²) in [5.41, 5.74) is 0.502. The minimum absolute atomic E-state index is 0.0534. The van der Waals surface area contributed by atoms with Crippen molar-refractivity contribution in [1.82, 2.24) is 20.2 Å². The Morgan fingerprint density at radius 2 is 2.30 bits per heavy atom. The van der Waals surface area contributed by atoms with Crippen LogP contribution in [0.1, 0.15) is 37.7 Å². The van der Waals surface area contributed by atoms with Gasteiger partial charge < -0.3 is 15.2 Å². The molecule has 1 aliphatic heterocycles. The molecule has 1 aliphatic rings. The molecule has 2 N–H and O–H groups in total. The molecule has 5 nitrogen and oxygen atoms in total. The minimum atomic E-state index is -0.354. The Balaban J connectivity index is 1.57. The highest BCUT2D eigenvalue weighted by molar-refractivity contribution is 5.74. The molecule has 0 saturated carbocycles. The SMILES string of the molecule is CC(C)(CNC(=O)NC1CCn2ccnc21)c1cccc(F)c1. The fraction of sp³-hybridized carbons (Fsp3) is 0.412. The number of nitrogens with one attached hydrogen (secondary N) is 2. The summed E-state index contributed by atoms with van der Waals surface area (Å²) in [5, 5.41) is 5.83. The van der Waals surface area contributed by atoms with E-state index in [1.54, 1.807) is 12.3 Å². The lowest BCUT2D eigenvalue weighted by Gasteiger charge is -2.26. The molecule has 2 heterocycles. The Morgan fingerprint density at radius 3 is 3.09 bits per heavy atom. The van der Waals surface area contributed by atoms with Crippen molar-refractivity contribution in [2.75, 3.05) is 6.54 Å². The lowest BCUT2D eigenvalue weighted by molar-refractivity contribution is 0.234. The zero-order valence-corrected chi connectivity index (χ0v) is 13.3. The van der Waals surface area contributed by atoms with E-state index in [4.69, 9.17) is 0 Å². The van der Waals surface area contributed by atoms with Crippen LogP contribution < -0.4 is 10.6 Å². The Kier molecular flexibility index (Phi) is 4.07. The summed E-state index contributed by atoms with van der Waals surface area (Å²) in [5.74, 6) is 0.627. The molecule has 23 heavy (non-hydrogen) atoms. The number of hydrogen-bond donors (Lipinski definition) is 2. The molecule has 0 fully saturated rings. The van der Waals surface area contributed by atoms with Crippen molar-refractivity contribution in [1.29, 1.82) is 0 Å². The number of imidazole rings is 1. The van der Waals surface area contributed by atoms with Gasteiger partial charge in [-0.3, -0.25) is 0 Å². The quantitative estimate of drug-likeness (QED) is 0.911. The summed E-state index contributed by atoms with van der Waals surface area (Å²) in [7, 11) is 0. The number of halogens is 1. The first-order valence-corrected chi connectivity index (χ1v) is 7.77. The van der Waals surface area contributed by atoms with Crippen LogP contribution in [0.3, 0.4) is 0 Å². The van der Waals surface area contributed by atoms with Gasteiger partial charge in [-0.05, 0) is 24.1 Å². The van der Waals surface area contributed by atoms with Gasteiger partial charge in [0.25, 0.3) is 0 Å². The normalized spacial score (nSPS) is 16.9. The zero-order chi connectivity index (χ0) is 16.4. The summed E-state index contributed by atoms with van der Waals surface area (Å²) in [4.78, 5) is 16.4. The second-order valence-electron chi connectivity index (χ2n) is 6.54. The topological polar surface area (TPSA) is 59.0 Å². The van der Waals surface area contributed by atoms with Crippen molar-refractivity contribution in [2.45, 2.75) is 38.3 Å². The van der Waals surface area contributed by atoms with E-state index in [-0.39, 0.29) is 23.3 Å². The molecule has 0 spiro atoms. The number of benzene rings is 1. The number of hydrogen-bond acceptors (Lipinski definition) is 2. The molecule has 0 saturated heterocycles.